The molecule has 1 aromatic heterocycles. The number of benzene rings is 1. The number of anilines is 1. The number of carbonyl (C=O) groups excluding carboxylic acids is 1. The van der Waals surface area contributed by atoms with Gasteiger partial charge in [0.1, 0.15) is 0 Å². The Labute approximate surface area is 189 Å². The minimum atomic E-state index is 0.224. The maximum atomic E-state index is 11.9. The molecule has 4 rings (SSSR count). The predicted octanol–water partition coefficient (Wildman–Crippen LogP) is 3.38. The number of carbonyl (C=O) groups is 1. The Morgan fingerprint density at radius 2 is 2.00 bits per heavy atom. The molecule has 1 atom stereocenters. The Kier molecular flexibility index (Phi) is 7.25. The maximum Gasteiger partial charge on any atom is 0.227 e. The SMILES string of the molecule is CCNC(=NCc1ccc(N2CCCC2=O)cc1)NCC(C)N1CCc2sccc2C1. The molecular weight excluding hydrogens is 406 g/mol. The second kappa shape index (κ2) is 10.3. The fourth-order valence-corrected chi connectivity index (χ4v) is 5.12. The second-order valence-corrected chi connectivity index (χ2v) is 9.33. The van der Waals surface area contributed by atoms with E-state index in [-0.39, 0.29) is 5.91 Å². The largest absolute Gasteiger partial charge is 0.357 e. The van der Waals surface area contributed by atoms with Crippen molar-refractivity contribution in [2.45, 2.75) is 52.2 Å². The number of hydrogen-bond donors (Lipinski definition) is 2. The van der Waals surface area contributed by atoms with Crippen molar-refractivity contribution in [2.75, 3.05) is 31.1 Å². The number of amides is 1. The minimum absolute atomic E-state index is 0.224. The standard InChI is InChI=1S/C24H33N5OS/c1-3-25-24(26-15-18(2)28-13-10-22-20(17-28)11-14-31-22)27-16-19-6-8-21(9-7-19)29-12-4-5-23(29)30/h6-9,11,14,18H,3-5,10,12-13,15-17H2,1-2H3,(H2,25,26,27). The molecule has 1 aromatic carbocycles. The Hall–Kier alpha value is -2.38. The monoisotopic (exact) mass is 439 g/mol. The minimum Gasteiger partial charge on any atom is -0.357 e. The summed E-state index contributed by atoms with van der Waals surface area (Å²) in [4.78, 5) is 22.7. The maximum absolute atomic E-state index is 11.9. The summed E-state index contributed by atoms with van der Waals surface area (Å²) in [6.07, 6.45) is 2.77. The van der Waals surface area contributed by atoms with Crippen molar-refractivity contribution >= 4 is 28.9 Å². The van der Waals surface area contributed by atoms with E-state index in [1.165, 1.54) is 5.56 Å². The van der Waals surface area contributed by atoms with Crippen LogP contribution in [0.1, 0.15) is 42.7 Å². The third-order valence-corrected chi connectivity index (χ3v) is 7.13. The van der Waals surface area contributed by atoms with Crippen LogP contribution in [-0.4, -0.2) is 49.0 Å². The molecule has 0 saturated carbocycles. The number of aliphatic imine (C=N–C) groups is 1. The van der Waals surface area contributed by atoms with Crippen LogP contribution in [0.25, 0.3) is 0 Å². The van der Waals surface area contributed by atoms with Crippen molar-refractivity contribution in [1.29, 1.82) is 0 Å². The highest BCUT2D eigenvalue weighted by molar-refractivity contribution is 7.10. The van der Waals surface area contributed by atoms with E-state index in [1.54, 1.807) is 4.88 Å². The molecular formula is C24H33N5OS. The van der Waals surface area contributed by atoms with E-state index in [9.17, 15) is 4.79 Å². The molecule has 3 heterocycles. The molecule has 1 amide bonds. The third kappa shape index (κ3) is 5.46. The lowest BCUT2D eigenvalue weighted by molar-refractivity contribution is -0.117. The van der Waals surface area contributed by atoms with E-state index in [0.29, 0.717) is 19.0 Å². The Balaban J connectivity index is 1.30. The molecule has 2 aromatic rings. The highest BCUT2D eigenvalue weighted by Gasteiger charge is 2.22. The Morgan fingerprint density at radius 3 is 2.74 bits per heavy atom. The topological polar surface area (TPSA) is 60.0 Å². The summed E-state index contributed by atoms with van der Waals surface area (Å²) in [5, 5.41) is 9.08. The molecule has 2 aliphatic rings. The lowest BCUT2D eigenvalue weighted by Crippen LogP contribution is -2.47. The molecule has 1 saturated heterocycles. The van der Waals surface area contributed by atoms with Gasteiger partial charge in [0.15, 0.2) is 5.96 Å². The van der Waals surface area contributed by atoms with Crippen molar-refractivity contribution in [3.63, 3.8) is 0 Å². The first-order chi connectivity index (χ1) is 15.1. The van der Waals surface area contributed by atoms with Crippen LogP contribution >= 0.6 is 11.3 Å². The fraction of sp³-hybridized carbons (Fsp3) is 0.500. The molecule has 6 nitrogen and oxygen atoms in total. The van der Waals surface area contributed by atoms with Crippen molar-refractivity contribution in [1.82, 2.24) is 15.5 Å². The van der Waals surface area contributed by atoms with Crippen LogP contribution in [0.3, 0.4) is 0 Å². The molecule has 1 fully saturated rings. The zero-order valence-corrected chi connectivity index (χ0v) is 19.4. The highest BCUT2D eigenvalue weighted by atomic mass is 32.1. The molecule has 31 heavy (non-hydrogen) atoms. The van der Waals surface area contributed by atoms with Gasteiger partial charge >= 0.3 is 0 Å². The molecule has 0 spiro atoms. The van der Waals surface area contributed by atoms with E-state index in [2.05, 4.69) is 53.0 Å². The quantitative estimate of drug-likeness (QED) is 0.513. The van der Waals surface area contributed by atoms with Gasteiger partial charge in [0, 0.05) is 55.8 Å². The van der Waals surface area contributed by atoms with Gasteiger partial charge in [-0.1, -0.05) is 12.1 Å². The summed E-state index contributed by atoms with van der Waals surface area (Å²) in [5.41, 5.74) is 3.62. The highest BCUT2D eigenvalue weighted by Crippen LogP contribution is 2.25. The van der Waals surface area contributed by atoms with Gasteiger partial charge in [-0.05, 0) is 61.4 Å². The number of hydrogen-bond acceptors (Lipinski definition) is 4. The van der Waals surface area contributed by atoms with E-state index in [0.717, 1.165) is 62.8 Å². The molecule has 0 bridgehead atoms. The molecule has 1 unspecified atom stereocenters. The van der Waals surface area contributed by atoms with Gasteiger partial charge < -0.3 is 15.5 Å². The van der Waals surface area contributed by atoms with E-state index < -0.39 is 0 Å². The molecule has 2 N–H and O–H groups in total. The first kappa shape index (κ1) is 21.8. The second-order valence-electron chi connectivity index (χ2n) is 8.33. The van der Waals surface area contributed by atoms with Gasteiger partial charge in [0.05, 0.1) is 6.54 Å². The summed E-state index contributed by atoms with van der Waals surface area (Å²) in [5.74, 6) is 1.07. The average molecular weight is 440 g/mol. The van der Waals surface area contributed by atoms with Crippen LogP contribution in [-0.2, 0) is 24.3 Å². The molecule has 7 heteroatoms. The summed E-state index contributed by atoms with van der Waals surface area (Å²) in [6.45, 7) is 9.67. The van der Waals surface area contributed by atoms with Crippen LogP contribution in [0.5, 0.6) is 0 Å². The Bertz CT molecular complexity index is 907. The number of guanidine groups is 1. The lowest BCUT2D eigenvalue weighted by atomic mass is 10.1. The van der Waals surface area contributed by atoms with Crippen molar-refractivity contribution in [2.24, 2.45) is 4.99 Å². The Morgan fingerprint density at radius 1 is 1.16 bits per heavy atom. The number of nitrogens with zero attached hydrogens (tertiary/aromatic N) is 3. The van der Waals surface area contributed by atoms with Crippen LogP contribution in [0, 0.1) is 0 Å². The molecule has 0 aliphatic carbocycles. The van der Waals surface area contributed by atoms with Gasteiger partial charge in [0.25, 0.3) is 0 Å². The average Bonchev–Trinajstić information content (AvgIpc) is 3.44. The molecule has 166 valence electrons. The summed E-state index contributed by atoms with van der Waals surface area (Å²) < 4.78 is 0. The van der Waals surface area contributed by atoms with Crippen molar-refractivity contribution < 1.29 is 4.79 Å². The van der Waals surface area contributed by atoms with Gasteiger partial charge in [-0.15, -0.1) is 11.3 Å². The zero-order valence-electron chi connectivity index (χ0n) is 18.6. The van der Waals surface area contributed by atoms with Crippen LogP contribution in [0.15, 0.2) is 40.7 Å². The molecule has 0 radical (unpaired) electrons. The van der Waals surface area contributed by atoms with E-state index in [4.69, 9.17) is 4.99 Å². The van der Waals surface area contributed by atoms with Crippen LogP contribution in [0.2, 0.25) is 0 Å². The first-order valence-corrected chi connectivity index (χ1v) is 12.2. The molecule has 2 aliphatic heterocycles. The summed E-state index contributed by atoms with van der Waals surface area (Å²) in [6, 6.07) is 10.9. The van der Waals surface area contributed by atoms with Gasteiger partial charge in [-0.2, -0.15) is 0 Å². The van der Waals surface area contributed by atoms with Crippen molar-refractivity contribution in [3.05, 3.63) is 51.7 Å². The number of fused-ring (bicyclic) bond motifs is 1. The lowest BCUT2D eigenvalue weighted by Gasteiger charge is -2.32. The number of rotatable bonds is 7. The van der Waals surface area contributed by atoms with Gasteiger partial charge in [-0.3, -0.25) is 9.69 Å². The third-order valence-electron chi connectivity index (χ3n) is 6.11. The normalized spacial score (nSPS) is 18.2. The smallest absolute Gasteiger partial charge is 0.227 e. The van der Waals surface area contributed by atoms with Crippen LogP contribution in [0.4, 0.5) is 5.69 Å². The summed E-state index contributed by atoms with van der Waals surface area (Å²) >= 11 is 1.89. The van der Waals surface area contributed by atoms with Crippen LogP contribution < -0.4 is 15.5 Å². The first-order valence-electron chi connectivity index (χ1n) is 11.3. The van der Waals surface area contributed by atoms with E-state index >= 15 is 0 Å². The van der Waals surface area contributed by atoms with Gasteiger partial charge in [0.2, 0.25) is 5.91 Å². The van der Waals surface area contributed by atoms with Gasteiger partial charge in [-0.25, -0.2) is 4.99 Å². The predicted molar refractivity (Wildman–Crippen MR) is 129 cm³/mol. The van der Waals surface area contributed by atoms with E-state index in [1.807, 2.05) is 28.4 Å². The van der Waals surface area contributed by atoms with Crippen molar-refractivity contribution in [3.8, 4) is 0 Å². The zero-order chi connectivity index (χ0) is 21.6. The summed E-state index contributed by atoms with van der Waals surface area (Å²) in [7, 11) is 0. The number of thiophene rings is 1. The fourth-order valence-electron chi connectivity index (χ4n) is 4.23. The number of nitrogens with one attached hydrogen (secondary N) is 2.